The third-order valence-electron chi connectivity index (χ3n) is 3.57. The van der Waals surface area contributed by atoms with Gasteiger partial charge in [0.1, 0.15) is 0 Å². The molecule has 2 aromatic carbocycles. The van der Waals surface area contributed by atoms with E-state index in [9.17, 15) is 22.0 Å². The Labute approximate surface area is 145 Å². The van der Waals surface area contributed by atoms with Gasteiger partial charge in [-0.1, -0.05) is 18.2 Å². The molecule has 0 spiro atoms. The van der Waals surface area contributed by atoms with Crippen molar-refractivity contribution in [3.8, 4) is 0 Å². The minimum Gasteiger partial charge on any atom is -0.350 e. The van der Waals surface area contributed by atoms with Crippen LogP contribution in [0.25, 0.3) is 0 Å². The fraction of sp³-hybridized carbons (Fsp3) is 0.235. The van der Waals surface area contributed by atoms with Crippen LogP contribution in [0.4, 0.5) is 14.5 Å². The van der Waals surface area contributed by atoms with Gasteiger partial charge in [0.15, 0.2) is 11.6 Å². The molecule has 5 nitrogen and oxygen atoms in total. The summed E-state index contributed by atoms with van der Waals surface area (Å²) in [5.74, 6) is -2.78. The number of carbonyl (C=O) groups excluding carboxylic acids is 1. The standard InChI is InChI=1S/C17H18F2N2O3S/c1-12-5-3-4-6-16(12)21(25(2,23)24)10-9-20-17(22)13-7-8-14(18)15(19)11-13/h3-8,11H,9-10H2,1-2H3,(H,20,22). The maximum Gasteiger partial charge on any atom is 0.251 e. The molecule has 1 amide bonds. The van der Waals surface area contributed by atoms with Crippen molar-refractivity contribution >= 4 is 21.6 Å². The first-order valence-electron chi connectivity index (χ1n) is 7.47. The quantitative estimate of drug-likeness (QED) is 0.852. The first-order chi connectivity index (χ1) is 11.7. The zero-order valence-corrected chi connectivity index (χ0v) is 14.6. The highest BCUT2D eigenvalue weighted by atomic mass is 32.2. The SMILES string of the molecule is Cc1ccccc1N(CCNC(=O)c1ccc(F)c(F)c1)S(C)(=O)=O. The summed E-state index contributed by atoms with van der Waals surface area (Å²) in [6.45, 7) is 1.81. The lowest BCUT2D eigenvalue weighted by atomic mass is 10.2. The van der Waals surface area contributed by atoms with Crippen LogP contribution in [0.5, 0.6) is 0 Å². The van der Waals surface area contributed by atoms with Crippen LogP contribution in [0.3, 0.4) is 0 Å². The summed E-state index contributed by atoms with van der Waals surface area (Å²) in [6.07, 6.45) is 1.08. The molecule has 0 atom stereocenters. The normalized spacial score (nSPS) is 11.2. The molecule has 0 saturated carbocycles. The van der Waals surface area contributed by atoms with E-state index in [1.165, 1.54) is 4.31 Å². The molecule has 25 heavy (non-hydrogen) atoms. The van der Waals surface area contributed by atoms with Crippen LogP contribution < -0.4 is 9.62 Å². The van der Waals surface area contributed by atoms with Crippen molar-refractivity contribution in [2.45, 2.75) is 6.92 Å². The van der Waals surface area contributed by atoms with E-state index >= 15 is 0 Å². The number of carbonyl (C=O) groups is 1. The monoisotopic (exact) mass is 368 g/mol. The van der Waals surface area contributed by atoms with E-state index in [2.05, 4.69) is 5.32 Å². The van der Waals surface area contributed by atoms with Gasteiger partial charge in [0.05, 0.1) is 18.5 Å². The van der Waals surface area contributed by atoms with Gasteiger partial charge < -0.3 is 5.32 Å². The summed E-state index contributed by atoms with van der Waals surface area (Å²) in [7, 11) is -3.54. The predicted octanol–water partition coefficient (Wildman–Crippen LogP) is 2.47. The molecule has 8 heteroatoms. The molecule has 0 aliphatic heterocycles. The van der Waals surface area contributed by atoms with Gasteiger partial charge in [0.2, 0.25) is 10.0 Å². The summed E-state index contributed by atoms with van der Waals surface area (Å²) in [6, 6.07) is 9.79. The van der Waals surface area contributed by atoms with Crippen molar-refractivity contribution in [2.75, 3.05) is 23.7 Å². The zero-order valence-electron chi connectivity index (χ0n) is 13.8. The van der Waals surface area contributed by atoms with E-state index in [1.54, 1.807) is 31.2 Å². The third-order valence-corrected chi connectivity index (χ3v) is 4.75. The van der Waals surface area contributed by atoms with Gasteiger partial charge in [-0.05, 0) is 36.8 Å². The average molecular weight is 368 g/mol. The Hall–Kier alpha value is -2.48. The second kappa shape index (κ2) is 7.60. The van der Waals surface area contributed by atoms with Crippen molar-refractivity contribution in [3.05, 3.63) is 65.2 Å². The third kappa shape index (κ3) is 4.76. The Morgan fingerprint density at radius 1 is 1.12 bits per heavy atom. The predicted molar refractivity (Wildman–Crippen MR) is 92.1 cm³/mol. The van der Waals surface area contributed by atoms with Gasteiger partial charge in [-0.3, -0.25) is 9.10 Å². The minimum absolute atomic E-state index is 0.0130. The molecule has 0 radical (unpaired) electrons. The van der Waals surface area contributed by atoms with Crippen molar-refractivity contribution in [1.29, 1.82) is 0 Å². The Bertz CT molecular complexity index is 885. The molecule has 1 N–H and O–H groups in total. The van der Waals surface area contributed by atoms with Crippen molar-refractivity contribution in [1.82, 2.24) is 5.32 Å². The molecule has 0 unspecified atom stereocenters. The molecule has 0 aliphatic rings. The van der Waals surface area contributed by atoms with E-state index in [-0.39, 0.29) is 18.7 Å². The first-order valence-corrected chi connectivity index (χ1v) is 9.31. The highest BCUT2D eigenvalue weighted by molar-refractivity contribution is 7.92. The summed E-state index contributed by atoms with van der Waals surface area (Å²) >= 11 is 0. The van der Waals surface area contributed by atoms with Gasteiger partial charge in [-0.15, -0.1) is 0 Å². The summed E-state index contributed by atoms with van der Waals surface area (Å²) in [5, 5.41) is 2.50. The molecule has 0 heterocycles. The van der Waals surface area contributed by atoms with Crippen molar-refractivity contribution in [2.24, 2.45) is 0 Å². The lowest BCUT2D eigenvalue weighted by molar-refractivity contribution is 0.0954. The number of hydrogen-bond donors (Lipinski definition) is 1. The van der Waals surface area contributed by atoms with Crippen molar-refractivity contribution < 1.29 is 22.0 Å². The molecule has 0 fully saturated rings. The number of aryl methyl sites for hydroxylation is 1. The zero-order chi connectivity index (χ0) is 18.6. The lowest BCUT2D eigenvalue weighted by Gasteiger charge is -2.24. The molecule has 0 bridgehead atoms. The van der Waals surface area contributed by atoms with E-state index in [1.807, 2.05) is 0 Å². The second-order valence-electron chi connectivity index (χ2n) is 5.51. The van der Waals surface area contributed by atoms with Crippen LogP contribution >= 0.6 is 0 Å². The molecule has 2 aromatic rings. The van der Waals surface area contributed by atoms with Crippen LogP contribution in [-0.4, -0.2) is 33.7 Å². The number of sulfonamides is 1. The topological polar surface area (TPSA) is 66.5 Å². The second-order valence-corrected chi connectivity index (χ2v) is 7.41. The minimum atomic E-state index is -3.54. The fourth-order valence-corrected chi connectivity index (χ4v) is 3.30. The first kappa shape index (κ1) is 18.9. The van der Waals surface area contributed by atoms with Crippen LogP contribution in [-0.2, 0) is 10.0 Å². The van der Waals surface area contributed by atoms with Crippen LogP contribution in [0.2, 0.25) is 0 Å². The molecule has 2 rings (SSSR count). The summed E-state index contributed by atoms with van der Waals surface area (Å²) in [5.41, 5.74) is 1.26. The number of nitrogens with one attached hydrogen (secondary N) is 1. The number of benzene rings is 2. The largest absolute Gasteiger partial charge is 0.350 e. The number of anilines is 1. The number of para-hydroxylation sites is 1. The van der Waals surface area contributed by atoms with E-state index in [4.69, 9.17) is 0 Å². The van der Waals surface area contributed by atoms with Crippen LogP contribution in [0.15, 0.2) is 42.5 Å². The van der Waals surface area contributed by atoms with Gasteiger partial charge in [-0.25, -0.2) is 17.2 Å². The molecule has 0 aromatic heterocycles. The highest BCUT2D eigenvalue weighted by Gasteiger charge is 2.19. The van der Waals surface area contributed by atoms with E-state index in [0.717, 1.165) is 30.0 Å². The smallest absolute Gasteiger partial charge is 0.251 e. The number of amides is 1. The summed E-state index contributed by atoms with van der Waals surface area (Å²) in [4.78, 5) is 12.0. The van der Waals surface area contributed by atoms with Crippen LogP contribution in [0, 0.1) is 18.6 Å². The fourth-order valence-electron chi connectivity index (χ4n) is 2.32. The molecule has 0 aliphatic carbocycles. The lowest BCUT2D eigenvalue weighted by Crippen LogP contribution is -2.38. The number of nitrogens with zero attached hydrogens (tertiary/aromatic N) is 1. The number of rotatable bonds is 6. The Balaban J connectivity index is 2.08. The summed E-state index contributed by atoms with van der Waals surface area (Å²) < 4.78 is 51.3. The molecular formula is C17H18F2N2O3S. The maximum absolute atomic E-state index is 13.2. The van der Waals surface area contributed by atoms with Gasteiger partial charge in [0, 0.05) is 12.1 Å². The molecule has 0 saturated heterocycles. The Kier molecular flexibility index (Phi) is 5.73. The number of hydrogen-bond acceptors (Lipinski definition) is 3. The Morgan fingerprint density at radius 2 is 1.80 bits per heavy atom. The van der Waals surface area contributed by atoms with Crippen molar-refractivity contribution in [3.63, 3.8) is 0 Å². The Morgan fingerprint density at radius 3 is 2.40 bits per heavy atom. The van der Waals surface area contributed by atoms with Gasteiger partial charge in [-0.2, -0.15) is 0 Å². The molecular weight excluding hydrogens is 350 g/mol. The maximum atomic E-state index is 13.2. The van der Waals surface area contributed by atoms with Gasteiger partial charge in [0.25, 0.3) is 5.91 Å². The van der Waals surface area contributed by atoms with Gasteiger partial charge >= 0.3 is 0 Å². The average Bonchev–Trinajstić information content (AvgIpc) is 2.54. The van der Waals surface area contributed by atoms with E-state index in [0.29, 0.717) is 5.69 Å². The van der Waals surface area contributed by atoms with E-state index < -0.39 is 27.6 Å². The highest BCUT2D eigenvalue weighted by Crippen LogP contribution is 2.21. The van der Waals surface area contributed by atoms with Crippen LogP contribution in [0.1, 0.15) is 15.9 Å². The molecule has 134 valence electrons. The number of halogens is 2.